The average molecular weight is 384 g/mol. The molecular weight excluding hydrogens is 366 g/mol. The Morgan fingerprint density at radius 2 is 1.78 bits per heavy atom. The molecule has 1 amide bonds. The largest absolute Gasteiger partial charge is 0.506 e. The van der Waals surface area contributed by atoms with Crippen LogP contribution in [0.25, 0.3) is 10.8 Å². The molecule has 0 unspecified atom stereocenters. The van der Waals surface area contributed by atoms with E-state index in [1.54, 1.807) is 30.3 Å². The van der Waals surface area contributed by atoms with Gasteiger partial charge in [-0.3, -0.25) is 4.79 Å². The number of fused-ring (bicyclic) bond motifs is 1. The van der Waals surface area contributed by atoms with Gasteiger partial charge in [0.1, 0.15) is 11.3 Å². The molecule has 0 bridgehead atoms. The maximum atomic E-state index is 12.2. The molecule has 138 valence electrons. The minimum atomic E-state index is -0.757. The molecule has 0 spiro atoms. The van der Waals surface area contributed by atoms with E-state index >= 15 is 0 Å². The van der Waals surface area contributed by atoms with Crippen molar-refractivity contribution in [3.63, 3.8) is 0 Å². The van der Waals surface area contributed by atoms with Gasteiger partial charge in [0.15, 0.2) is 6.61 Å². The number of aromatic hydroxyl groups is 1. The Hall–Kier alpha value is -3.05. The molecule has 5 nitrogen and oxygen atoms in total. The van der Waals surface area contributed by atoms with E-state index in [9.17, 15) is 14.7 Å². The summed E-state index contributed by atoms with van der Waals surface area (Å²) >= 11 is 5.85. The van der Waals surface area contributed by atoms with Crippen molar-refractivity contribution in [1.82, 2.24) is 5.32 Å². The van der Waals surface area contributed by atoms with E-state index in [1.165, 1.54) is 6.07 Å². The number of rotatable bonds is 5. The first-order chi connectivity index (χ1) is 13.0. The molecule has 0 aromatic heterocycles. The van der Waals surface area contributed by atoms with Gasteiger partial charge in [-0.05, 0) is 36.1 Å². The van der Waals surface area contributed by atoms with Gasteiger partial charge in [0.2, 0.25) is 0 Å². The zero-order chi connectivity index (χ0) is 19.4. The molecule has 3 aromatic carbocycles. The van der Waals surface area contributed by atoms with Gasteiger partial charge in [-0.1, -0.05) is 54.1 Å². The lowest BCUT2D eigenvalue weighted by molar-refractivity contribution is -0.124. The van der Waals surface area contributed by atoms with Gasteiger partial charge in [-0.2, -0.15) is 0 Å². The van der Waals surface area contributed by atoms with Crippen LogP contribution in [0.5, 0.6) is 5.75 Å². The molecule has 2 N–H and O–H groups in total. The van der Waals surface area contributed by atoms with Crippen LogP contribution in [0.1, 0.15) is 28.9 Å². The Morgan fingerprint density at radius 3 is 2.52 bits per heavy atom. The van der Waals surface area contributed by atoms with Crippen molar-refractivity contribution >= 4 is 34.2 Å². The van der Waals surface area contributed by atoms with Crippen molar-refractivity contribution in [3.05, 3.63) is 76.8 Å². The van der Waals surface area contributed by atoms with Crippen LogP contribution in [0.3, 0.4) is 0 Å². The number of phenols is 1. The van der Waals surface area contributed by atoms with Crippen molar-refractivity contribution in [3.8, 4) is 5.75 Å². The van der Waals surface area contributed by atoms with Crippen LogP contribution >= 0.6 is 11.6 Å². The zero-order valence-corrected chi connectivity index (χ0v) is 15.4. The van der Waals surface area contributed by atoms with Gasteiger partial charge in [0, 0.05) is 10.4 Å². The van der Waals surface area contributed by atoms with Crippen molar-refractivity contribution in [2.24, 2.45) is 0 Å². The summed E-state index contributed by atoms with van der Waals surface area (Å²) in [6.45, 7) is 1.38. The molecule has 6 heteroatoms. The summed E-state index contributed by atoms with van der Waals surface area (Å²) in [6.07, 6.45) is 0. The second kappa shape index (κ2) is 8.10. The van der Waals surface area contributed by atoms with Gasteiger partial charge in [0.05, 0.1) is 6.04 Å². The number of carbonyl (C=O) groups is 2. The van der Waals surface area contributed by atoms with Gasteiger partial charge in [0.25, 0.3) is 5.91 Å². The van der Waals surface area contributed by atoms with Crippen LogP contribution in [0, 0.1) is 0 Å². The van der Waals surface area contributed by atoms with Gasteiger partial charge >= 0.3 is 5.97 Å². The summed E-state index contributed by atoms with van der Waals surface area (Å²) in [5.74, 6) is -1.35. The molecule has 3 rings (SSSR count). The summed E-state index contributed by atoms with van der Waals surface area (Å²) in [4.78, 5) is 24.3. The minimum absolute atomic E-state index is 0.0206. The number of phenolic OH excluding ortho intramolecular Hbond substituents is 1. The van der Waals surface area contributed by atoms with E-state index in [-0.39, 0.29) is 17.4 Å². The third-order valence-corrected chi connectivity index (χ3v) is 4.45. The molecule has 0 fully saturated rings. The number of ether oxygens (including phenoxy) is 1. The van der Waals surface area contributed by atoms with Crippen molar-refractivity contribution in [2.45, 2.75) is 13.0 Å². The Balaban J connectivity index is 1.61. The number of nitrogens with one attached hydrogen (secondary N) is 1. The van der Waals surface area contributed by atoms with Gasteiger partial charge < -0.3 is 15.2 Å². The summed E-state index contributed by atoms with van der Waals surface area (Å²) in [5.41, 5.74) is 0.901. The highest BCUT2D eigenvalue weighted by atomic mass is 35.5. The fourth-order valence-corrected chi connectivity index (χ4v) is 2.87. The van der Waals surface area contributed by atoms with E-state index in [0.29, 0.717) is 10.4 Å². The Morgan fingerprint density at radius 1 is 1.07 bits per heavy atom. The summed E-state index contributed by atoms with van der Waals surface area (Å²) in [5, 5.41) is 15.0. The predicted octanol–water partition coefficient (Wildman–Crippen LogP) is 4.23. The van der Waals surface area contributed by atoms with E-state index in [0.717, 1.165) is 10.9 Å². The maximum absolute atomic E-state index is 12.2. The minimum Gasteiger partial charge on any atom is -0.506 e. The number of esters is 1. The fraction of sp³-hybridized carbons (Fsp3) is 0.143. The SMILES string of the molecule is C[C@@H](NC(=O)COC(=O)c1ccc2ccccc2c1O)c1ccc(Cl)cc1. The monoisotopic (exact) mass is 383 g/mol. The molecule has 0 saturated heterocycles. The Kier molecular flexibility index (Phi) is 5.62. The topological polar surface area (TPSA) is 75.6 Å². The third-order valence-electron chi connectivity index (χ3n) is 4.20. The lowest BCUT2D eigenvalue weighted by Gasteiger charge is -2.14. The average Bonchev–Trinajstić information content (AvgIpc) is 2.67. The molecule has 3 aromatic rings. The van der Waals surface area contributed by atoms with E-state index in [4.69, 9.17) is 16.3 Å². The highest BCUT2D eigenvalue weighted by Gasteiger charge is 2.17. The Bertz CT molecular complexity index is 985. The van der Waals surface area contributed by atoms with Crippen LogP contribution < -0.4 is 5.32 Å². The molecule has 27 heavy (non-hydrogen) atoms. The standard InChI is InChI=1S/C21H18ClNO4/c1-13(14-6-9-16(22)10-7-14)23-19(24)12-27-21(26)18-11-8-15-4-2-3-5-17(15)20(18)25/h2-11,13,25H,12H2,1H3,(H,23,24)/t13-/m1/s1. The van der Waals surface area contributed by atoms with Crippen LogP contribution in [0.2, 0.25) is 5.02 Å². The maximum Gasteiger partial charge on any atom is 0.342 e. The number of hydrogen-bond acceptors (Lipinski definition) is 4. The first-order valence-corrected chi connectivity index (χ1v) is 8.76. The van der Waals surface area contributed by atoms with E-state index in [2.05, 4.69) is 5.32 Å². The molecule has 1 atom stereocenters. The van der Waals surface area contributed by atoms with Crippen molar-refractivity contribution in [2.75, 3.05) is 6.61 Å². The van der Waals surface area contributed by atoms with Crippen molar-refractivity contribution in [1.29, 1.82) is 0 Å². The summed E-state index contributed by atoms with van der Waals surface area (Å²) in [6, 6.07) is 17.2. The molecule has 0 aliphatic heterocycles. The number of carbonyl (C=O) groups excluding carboxylic acids is 2. The van der Waals surface area contributed by atoms with E-state index < -0.39 is 18.5 Å². The molecule has 0 saturated carbocycles. The number of benzene rings is 3. The van der Waals surface area contributed by atoms with Crippen LogP contribution in [-0.2, 0) is 9.53 Å². The molecule has 0 heterocycles. The predicted molar refractivity (Wildman–Crippen MR) is 104 cm³/mol. The number of amides is 1. The third kappa shape index (κ3) is 4.38. The normalized spacial score (nSPS) is 11.8. The first-order valence-electron chi connectivity index (χ1n) is 8.38. The molecule has 0 aliphatic carbocycles. The quantitative estimate of drug-likeness (QED) is 0.646. The highest BCUT2D eigenvalue weighted by molar-refractivity contribution is 6.30. The zero-order valence-electron chi connectivity index (χ0n) is 14.6. The second-order valence-corrected chi connectivity index (χ2v) is 6.54. The summed E-state index contributed by atoms with van der Waals surface area (Å²) in [7, 11) is 0. The lowest BCUT2D eigenvalue weighted by Crippen LogP contribution is -2.31. The molecule has 0 radical (unpaired) electrons. The van der Waals surface area contributed by atoms with Crippen molar-refractivity contribution < 1.29 is 19.4 Å². The number of halogens is 1. The van der Waals surface area contributed by atoms with E-state index in [1.807, 2.05) is 31.2 Å². The Labute approximate surface area is 161 Å². The highest BCUT2D eigenvalue weighted by Crippen LogP contribution is 2.29. The number of hydrogen-bond donors (Lipinski definition) is 2. The van der Waals surface area contributed by atoms with Gasteiger partial charge in [-0.15, -0.1) is 0 Å². The van der Waals surface area contributed by atoms with Gasteiger partial charge in [-0.25, -0.2) is 4.79 Å². The van der Waals surface area contributed by atoms with Crippen LogP contribution in [0.15, 0.2) is 60.7 Å². The summed E-state index contributed by atoms with van der Waals surface area (Å²) < 4.78 is 5.04. The van der Waals surface area contributed by atoms with Crippen LogP contribution in [-0.4, -0.2) is 23.6 Å². The first kappa shape index (κ1) is 18.7. The fourth-order valence-electron chi connectivity index (χ4n) is 2.75. The molecule has 0 aliphatic rings. The molecular formula is C21H18ClNO4. The smallest absolute Gasteiger partial charge is 0.342 e. The second-order valence-electron chi connectivity index (χ2n) is 6.10. The lowest BCUT2D eigenvalue weighted by atomic mass is 10.1. The van der Waals surface area contributed by atoms with Crippen LogP contribution in [0.4, 0.5) is 0 Å².